The van der Waals surface area contributed by atoms with Crippen LogP contribution in [0.2, 0.25) is 0 Å². The van der Waals surface area contributed by atoms with Crippen molar-refractivity contribution in [1.29, 1.82) is 0 Å². The number of hydrogen-bond acceptors (Lipinski definition) is 2. The van der Waals surface area contributed by atoms with E-state index in [-0.39, 0.29) is 6.04 Å². The quantitative estimate of drug-likeness (QED) is 0.813. The van der Waals surface area contributed by atoms with Crippen molar-refractivity contribution in [3.8, 4) is 0 Å². The highest BCUT2D eigenvalue weighted by atomic mass is 79.9. The Bertz CT molecular complexity index is 377. The van der Waals surface area contributed by atoms with Crippen LogP contribution in [0.1, 0.15) is 56.0 Å². The molecule has 17 heavy (non-hydrogen) atoms. The fourth-order valence-corrected chi connectivity index (χ4v) is 4.67. The molecule has 0 radical (unpaired) electrons. The summed E-state index contributed by atoms with van der Waals surface area (Å²) in [6, 6.07) is 2.46. The number of thiophene rings is 1. The van der Waals surface area contributed by atoms with Gasteiger partial charge in [-0.2, -0.15) is 0 Å². The van der Waals surface area contributed by atoms with E-state index in [0.717, 1.165) is 0 Å². The summed E-state index contributed by atoms with van der Waals surface area (Å²) in [5, 5.41) is 0. The molecule has 1 heterocycles. The molecule has 2 atom stereocenters. The molecule has 1 aliphatic rings. The van der Waals surface area contributed by atoms with Crippen molar-refractivity contribution in [3.63, 3.8) is 0 Å². The molecule has 1 fully saturated rings. The minimum absolute atomic E-state index is 0.209. The normalized spacial score (nSPS) is 25.8. The summed E-state index contributed by atoms with van der Waals surface area (Å²) in [5.74, 6) is 0.626. The minimum atomic E-state index is 0.209. The number of halogens is 1. The van der Waals surface area contributed by atoms with Crippen LogP contribution in [0, 0.1) is 18.3 Å². The molecular weight excluding hydrogens is 294 g/mol. The van der Waals surface area contributed by atoms with Gasteiger partial charge >= 0.3 is 0 Å². The van der Waals surface area contributed by atoms with Gasteiger partial charge in [0.05, 0.1) is 3.79 Å². The Morgan fingerprint density at radius 3 is 2.71 bits per heavy atom. The monoisotopic (exact) mass is 315 g/mol. The second kappa shape index (κ2) is 5.02. The highest BCUT2D eigenvalue weighted by Crippen LogP contribution is 2.47. The molecule has 0 aromatic carbocycles. The smallest absolute Gasteiger partial charge is 0.0731 e. The fourth-order valence-electron chi connectivity index (χ4n) is 3.03. The summed E-state index contributed by atoms with van der Waals surface area (Å²) in [4.78, 5) is 1.34. The minimum Gasteiger partial charge on any atom is -0.323 e. The van der Waals surface area contributed by atoms with Gasteiger partial charge in [-0.15, -0.1) is 11.3 Å². The van der Waals surface area contributed by atoms with E-state index in [2.05, 4.69) is 42.8 Å². The summed E-state index contributed by atoms with van der Waals surface area (Å²) in [7, 11) is 0. The van der Waals surface area contributed by atoms with Gasteiger partial charge in [0.2, 0.25) is 0 Å². The third kappa shape index (κ3) is 2.77. The van der Waals surface area contributed by atoms with Gasteiger partial charge < -0.3 is 5.73 Å². The Kier molecular flexibility index (Phi) is 4.01. The third-order valence-electron chi connectivity index (χ3n) is 4.23. The highest BCUT2D eigenvalue weighted by Gasteiger charge is 2.37. The fraction of sp³-hybridized carbons (Fsp3) is 0.714. The zero-order chi connectivity index (χ0) is 12.6. The second-order valence-electron chi connectivity index (χ2n) is 5.97. The Balaban J connectivity index is 2.21. The topological polar surface area (TPSA) is 26.0 Å². The van der Waals surface area contributed by atoms with Gasteiger partial charge in [0.1, 0.15) is 0 Å². The van der Waals surface area contributed by atoms with Crippen LogP contribution in [0.5, 0.6) is 0 Å². The molecule has 1 saturated carbocycles. The van der Waals surface area contributed by atoms with Gasteiger partial charge in [0.25, 0.3) is 0 Å². The molecule has 0 amide bonds. The van der Waals surface area contributed by atoms with Crippen LogP contribution in [-0.2, 0) is 0 Å². The number of rotatable bonds is 2. The lowest BCUT2D eigenvalue weighted by Crippen LogP contribution is -2.35. The maximum atomic E-state index is 6.52. The molecular formula is C14H22BrNS. The molecule has 0 aliphatic heterocycles. The van der Waals surface area contributed by atoms with Crippen LogP contribution in [0.3, 0.4) is 0 Å². The molecule has 1 nitrogen and oxygen atoms in total. The van der Waals surface area contributed by atoms with Gasteiger partial charge in [-0.3, -0.25) is 0 Å². The zero-order valence-corrected chi connectivity index (χ0v) is 13.3. The largest absolute Gasteiger partial charge is 0.323 e. The molecule has 2 N–H and O–H groups in total. The molecule has 3 heteroatoms. The molecule has 96 valence electrons. The Labute approximate surface area is 117 Å². The van der Waals surface area contributed by atoms with Gasteiger partial charge in [-0.25, -0.2) is 0 Å². The summed E-state index contributed by atoms with van der Waals surface area (Å²) in [6.45, 7) is 6.90. The predicted molar refractivity (Wildman–Crippen MR) is 79.4 cm³/mol. The van der Waals surface area contributed by atoms with Gasteiger partial charge in [0, 0.05) is 10.9 Å². The molecule has 2 unspecified atom stereocenters. The van der Waals surface area contributed by atoms with Crippen molar-refractivity contribution in [2.75, 3.05) is 0 Å². The molecule has 1 aromatic heterocycles. The molecule has 0 spiro atoms. The Hall–Kier alpha value is 0.140. The van der Waals surface area contributed by atoms with Crippen molar-refractivity contribution < 1.29 is 0 Å². The molecule has 0 bridgehead atoms. The maximum absolute atomic E-state index is 6.52. The van der Waals surface area contributed by atoms with Crippen molar-refractivity contribution in [2.24, 2.45) is 17.1 Å². The third-order valence-corrected chi connectivity index (χ3v) is 6.47. The first-order valence-electron chi connectivity index (χ1n) is 6.43. The van der Waals surface area contributed by atoms with Crippen molar-refractivity contribution in [1.82, 2.24) is 0 Å². The molecule has 2 rings (SSSR count). The van der Waals surface area contributed by atoms with Gasteiger partial charge in [0.15, 0.2) is 0 Å². The zero-order valence-electron chi connectivity index (χ0n) is 10.9. The van der Waals surface area contributed by atoms with Gasteiger partial charge in [-0.05, 0) is 58.7 Å². The first-order valence-corrected chi connectivity index (χ1v) is 8.04. The van der Waals surface area contributed by atoms with E-state index >= 15 is 0 Å². The number of nitrogens with two attached hydrogens (primary N) is 1. The second-order valence-corrected chi connectivity index (χ2v) is 8.37. The first-order chi connectivity index (χ1) is 7.92. The van der Waals surface area contributed by atoms with Crippen LogP contribution >= 0.6 is 27.3 Å². The van der Waals surface area contributed by atoms with Crippen LogP contribution < -0.4 is 5.73 Å². The standard InChI is InChI=1S/C14H22BrNS/c1-9-8-11(17-13(9)15)12(16)10-6-4-5-7-14(10,2)3/h8,10,12H,4-7,16H2,1-3H3. The van der Waals surface area contributed by atoms with E-state index in [0.29, 0.717) is 11.3 Å². The average molecular weight is 316 g/mol. The van der Waals surface area contributed by atoms with Gasteiger partial charge in [-0.1, -0.05) is 26.7 Å². The summed E-state index contributed by atoms with van der Waals surface area (Å²) in [6.07, 6.45) is 5.30. The van der Waals surface area contributed by atoms with E-state index < -0.39 is 0 Å². The summed E-state index contributed by atoms with van der Waals surface area (Å²) in [5.41, 5.74) is 8.22. The Morgan fingerprint density at radius 2 is 2.18 bits per heavy atom. The highest BCUT2D eigenvalue weighted by molar-refractivity contribution is 9.11. The lowest BCUT2D eigenvalue weighted by atomic mass is 9.66. The average Bonchev–Trinajstić information content (AvgIpc) is 2.58. The van der Waals surface area contributed by atoms with E-state index in [9.17, 15) is 0 Å². The van der Waals surface area contributed by atoms with Crippen LogP contribution in [0.25, 0.3) is 0 Å². The molecule has 1 aliphatic carbocycles. The van der Waals surface area contributed by atoms with Crippen LogP contribution in [-0.4, -0.2) is 0 Å². The lowest BCUT2D eigenvalue weighted by Gasteiger charge is -2.41. The maximum Gasteiger partial charge on any atom is 0.0731 e. The van der Waals surface area contributed by atoms with E-state index in [1.807, 2.05) is 11.3 Å². The summed E-state index contributed by atoms with van der Waals surface area (Å²) >= 11 is 5.41. The molecule has 0 saturated heterocycles. The van der Waals surface area contributed by atoms with Crippen molar-refractivity contribution in [2.45, 2.75) is 52.5 Å². The number of hydrogen-bond donors (Lipinski definition) is 1. The van der Waals surface area contributed by atoms with Crippen LogP contribution in [0.4, 0.5) is 0 Å². The number of aryl methyl sites for hydroxylation is 1. The van der Waals surface area contributed by atoms with Crippen LogP contribution in [0.15, 0.2) is 9.85 Å². The first kappa shape index (κ1) is 13.6. The molecule has 1 aromatic rings. The SMILES string of the molecule is Cc1cc(C(N)C2CCCCC2(C)C)sc1Br. The van der Waals surface area contributed by atoms with Crippen molar-refractivity contribution >= 4 is 27.3 Å². The summed E-state index contributed by atoms with van der Waals surface area (Å²) < 4.78 is 1.23. The van der Waals surface area contributed by atoms with Crippen molar-refractivity contribution in [3.05, 3.63) is 20.3 Å². The van der Waals surface area contributed by atoms with E-state index in [4.69, 9.17) is 5.73 Å². The van der Waals surface area contributed by atoms with E-state index in [1.165, 1.54) is 39.9 Å². The Morgan fingerprint density at radius 1 is 1.47 bits per heavy atom. The lowest BCUT2D eigenvalue weighted by molar-refractivity contribution is 0.114. The predicted octanol–water partition coefficient (Wildman–Crippen LogP) is 5.04. The van der Waals surface area contributed by atoms with E-state index in [1.54, 1.807) is 0 Å².